The SMILES string of the molecule is COc1cc(Cl)ccc1C(=O)NNC(=O)C(C)Oc1cc(C)ccc1C(C)C. The third-order valence-electron chi connectivity index (χ3n) is 4.17. The van der Waals surface area contributed by atoms with Crippen LogP contribution in [-0.2, 0) is 4.79 Å². The molecule has 0 aliphatic carbocycles. The second-order valence-corrected chi connectivity index (χ2v) is 7.18. The number of carbonyl (C=O) groups is 2. The molecular weight excluding hydrogens is 380 g/mol. The topological polar surface area (TPSA) is 76.7 Å². The summed E-state index contributed by atoms with van der Waals surface area (Å²) in [6.45, 7) is 7.70. The summed E-state index contributed by atoms with van der Waals surface area (Å²) in [6.07, 6.45) is -0.799. The maximum absolute atomic E-state index is 12.4. The minimum absolute atomic E-state index is 0.251. The standard InChI is InChI=1S/C21H25ClN2O4/c1-12(2)16-8-6-13(3)10-19(16)28-14(4)20(25)23-24-21(26)17-9-7-15(22)11-18(17)27-5/h6-12,14H,1-5H3,(H,23,25)(H,24,26). The van der Waals surface area contributed by atoms with Gasteiger partial charge >= 0.3 is 0 Å². The van der Waals surface area contributed by atoms with Crippen molar-refractivity contribution < 1.29 is 19.1 Å². The average Bonchev–Trinajstić information content (AvgIpc) is 2.65. The van der Waals surface area contributed by atoms with Gasteiger partial charge in [-0.05, 0) is 55.2 Å². The largest absolute Gasteiger partial charge is 0.496 e. The first-order chi connectivity index (χ1) is 13.2. The summed E-state index contributed by atoms with van der Waals surface area (Å²) >= 11 is 5.89. The van der Waals surface area contributed by atoms with Gasteiger partial charge in [0.1, 0.15) is 11.5 Å². The van der Waals surface area contributed by atoms with Gasteiger partial charge in [0.05, 0.1) is 12.7 Å². The highest BCUT2D eigenvalue weighted by molar-refractivity contribution is 6.30. The summed E-state index contributed by atoms with van der Waals surface area (Å²) in [4.78, 5) is 24.7. The Balaban J connectivity index is 2.02. The van der Waals surface area contributed by atoms with Crippen molar-refractivity contribution >= 4 is 23.4 Å². The lowest BCUT2D eigenvalue weighted by Crippen LogP contribution is -2.47. The zero-order valence-electron chi connectivity index (χ0n) is 16.6. The lowest BCUT2D eigenvalue weighted by Gasteiger charge is -2.19. The number of rotatable bonds is 6. The van der Waals surface area contributed by atoms with E-state index in [0.29, 0.717) is 16.5 Å². The molecule has 2 aromatic rings. The van der Waals surface area contributed by atoms with Gasteiger partial charge in [-0.15, -0.1) is 0 Å². The zero-order valence-corrected chi connectivity index (χ0v) is 17.4. The molecule has 1 unspecified atom stereocenters. The number of carbonyl (C=O) groups excluding carboxylic acids is 2. The van der Waals surface area contributed by atoms with Crippen molar-refractivity contribution in [1.82, 2.24) is 10.9 Å². The zero-order chi connectivity index (χ0) is 20.8. The molecule has 0 heterocycles. The van der Waals surface area contributed by atoms with E-state index in [0.717, 1.165) is 11.1 Å². The summed E-state index contributed by atoms with van der Waals surface area (Å²) in [5.74, 6) is 0.223. The smallest absolute Gasteiger partial charge is 0.279 e. The van der Waals surface area contributed by atoms with E-state index in [2.05, 4.69) is 24.7 Å². The van der Waals surface area contributed by atoms with Crippen LogP contribution in [0.2, 0.25) is 5.02 Å². The molecule has 2 N–H and O–H groups in total. The molecule has 0 saturated carbocycles. The predicted octanol–water partition coefficient (Wildman–Crippen LogP) is 4.01. The van der Waals surface area contributed by atoms with Gasteiger partial charge in [-0.1, -0.05) is 37.6 Å². The highest BCUT2D eigenvalue weighted by atomic mass is 35.5. The number of amides is 2. The van der Waals surface area contributed by atoms with Crippen molar-refractivity contribution in [3.8, 4) is 11.5 Å². The first-order valence-corrected chi connectivity index (χ1v) is 9.31. The molecule has 0 aliphatic heterocycles. The Bertz CT molecular complexity index is 867. The first-order valence-electron chi connectivity index (χ1n) is 8.93. The quantitative estimate of drug-likeness (QED) is 0.713. The van der Waals surface area contributed by atoms with Crippen molar-refractivity contribution in [2.75, 3.05) is 7.11 Å². The van der Waals surface area contributed by atoms with Gasteiger partial charge in [0.15, 0.2) is 6.10 Å². The molecule has 0 saturated heterocycles. The maximum Gasteiger partial charge on any atom is 0.279 e. The lowest BCUT2D eigenvalue weighted by atomic mass is 10.0. The molecule has 2 amide bonds. The number of aryl methyl sites for hydroxylation is 1. The molecule has 7 heteroatoms. The van der Waals surface area contributed by atoms with Crippen LogP contribution in [0.5, 0.6) is 11.5 Å². The second kappa shape index (κ2) is 9.46. The van der Waals surface area contributed by atoms with Crippen molar-refractivity contribution in [3.63, 3.8) is 0 Å². The lowest BCUT2D eigenvalue weighted by molar-refractivity contribution is -0.128. The van der Waals surface area contributed by atoms with E-state index in [1.807, 2.05) is 25.1 Å². The Morgan fingerprint density at radius 2 is 1.71 bits per heavy atom. The summed E-state index contributed by atoms with van der Waals surface area (Å²) in [5, 5.41) is 0.443. The van der Waals surface area contributed by atoms with Crippen molar-refractivity contribution in [3.05, 3.63) is 58.1 Å². The minimum Gasteiger partial charge on any atom is -0.496 e. The summed E-state index contributed by atoms with van der Waals surface area (Å²) < 4.78 is 11.0. The molecule has 6 nitrogen and oxygen atoms in total. The summed E-state index contributed by atoms with van der Waals surface area (Å²) in [5.41, 5.74) is 7.05. The van der Waals surface area contributed by atoms with Crippen LogP contribution in [0.1, 0.15) is 48.2 Å². The summed E-state index contributed by atoms with van der Waals surface area (Å²) in [6, 6.07) is 10.5. The molecule has 0 fully saturated rings. The average molecular weight is 405 g/mol. The van der Waals surface area contributed by atoms with Gasteiger partial charge in [-0.2, -0.15) is 0 Å². The molecule has 150 valence electrons. The first kappa shape index (κ1) is 21.6. The molecule has 2 rings (SSSR count). The number of nitrogens with one attached hydrogen (secondary N) is 2. The Morgan fingerprint density at radius 3 is 2.36 bits per heavy atom. The summed E-state index contributed by atoms with van der Waals surface area (Å²) in [7, 11) is 1.44. The fourth-order valence-corrected chi connectivity index (χ4v) is 2.77. The van der Waals surface area contributed by atoms with E-state index in [4.69, 9.17) is 21.1 Å². The van der Waals surface area contributed by atoms with Gasteiger partial charge < -0.3 is 9.47 Å². The number of hydrazine groups is 1. The minimum atomic E-state index is -0.799. The highest BCUT2D eigenvalue weighted by Gasteiger charge is 2.19. The fourth-order valence-electron chi connectivity index (χ4n) is 2.60. The van der Waals surface area contributed by atoms with Crippen LogP contribution in [0.25, 0.3) is 0 Å². The van der Waals surface area contributed by atoms with Crippen LogP contribution in [0.3, 0.4) is 0 Å². The van der Waals surface area contributed by atoms with Crippen molar-refractivity contribution in [1.29, 1.82) is 0 Å². The number of hydrogen-bond donors (Lipinski definition) is 2. The second-order valence-electron chi connectivity index (χ2n) is 6.74. The molecule has 2 aromatic carbocycles. The van der Waals surface area contributed by atoms with Gasteiger partial charge in [0, 0.05) is 5.02 Å². The molecule has 28 heavy (non-hydrogen) atoms. The predicted molar refractivity (Wildman–Crippen MR) is 109 cm³/mol. The van der Waals surface area contributed by atoms with Gasteiger partial charge in [-0.3, -0.25) is 20.4 Å². The molecule has 0 aromatic heterocycles. The number of methoxy groups -OCH3 is 1. The molecule has 0 spiro atoms. The third-order valence-corrected chi connectivity index (χ3v) is 4.41. The van der Waals surface area contributed by atoms with E-state index in [1.54, 1.807) is 13.0 Å². The monoisotopic (exact) mass is 404 g/mol. The number of hydrogen-bond acceptors (Lipinski definition) is 4. The normalized spacial score (nSPS) is 11.7. The number of ether oxygens (including phenoxy) is 2. The van der Waals surface area contributed by atoms with Gasteiger partial charge in [-0.25, -0.2) is 0 Å². The van der Waals surface area contributed by atoms with E-state index in [9.17, 15) is 9.59 Å². The maximum atomic E-state index is 12.4. The molecule has 1 atom stereocenters. The van der Waals surface area contributed by atoms with Crippen LogP contribution in [0.15, 0.2) is 36.4 Å². The number of benzene rings is 2. The van der Waals surface area contributed by atoms with Crippen LogP contribution >= 0.6 is 11.6 Å². The number of halogens is 1. The third kappa shape index (κ3) is 5.39. The molecular formula is C21H25ClN2O4. The van der Waals surface area contributed by atoms with Crippen LogP contribution in [0.4, 0.5) is 0 Å². The Labute approximate surface area is 170 Å². The van der Waals surface area contributed by atoms with Crippen LogP contribution in [0, 0.1) is 6.92 Å². The van der Waals surface area contributed by atoms with E-state index in [-0.39, 0.29) is 11.5 Å². The van der Waals surface area contributed by atoms with E-state index < -0.39 is 17.9 Å². The fraction of sp³-hybridized carbons (Fsp3) is 0.333. The molecule has 0 radical (unpaired) electrons. The Morgan fingerprint density at radius 1 is 1.00 bits per heavy atom. The van der Waals surface area contributed by atoms with Gasteiger partial charge in [0.25, 0.3) is 11.8 Å². The Hall–Kier alpha value is -2.73. The van der Waals surface area contributed by atoms with E-state index in [1.165, 1.54) is 19.2 Å². The van der Waals surface area contributed by atoms with E-state index >= 15 is 0 Å². The van der Waals surface area contributed by atoms with Crippen molar-refractivity contribution in [2.24, 2.45) is 0 Å². The van der Waals surface area contributed by atoms with Crippen LogP contribution in [-0.4, -0.2) is 25.0 Å². The van der Waals surface area contributed by atoms with Crippen molar-refractivity contribution in [2.45, 2.75) is 39.7 Å². The molecule has 0 bridgehead atoms. The van der Waals surface area contributed by atoms with Crippen LogP contribution < -0.4 is 20.3 Å². The molecule has 0 aliphatic rings. The van der Waals surface area contributed by atoms with Gasteiger partial charge in [0.2, 0.25) is 0 Å². The highest BCUT2D eigenvalue weighted by Crippen LogP contribution is 2.28. The Kier molecular flexibility index (Phi) is 7.29.